The molecule has 1 aliphatic carbocycles. The summed E-state index contributed by atoms with van der Waals surface area (Å²) in [5, 5.41) is 2.80. The smallest absolute Gasteiger partial charge is 0.245 e. The fraction of sp³-hybridized carbons (Fsp3) is 0.480. The van der Waals surface area contributed by atoms with Gasteiger partial charge in [0.25, 0.3) is 0 Å². The molecule has 170 valence electrons. The number of aromatic nitrogens is 1. The lowest BCUT2D eigenvalue weighted by atomic mass is 9.98. The summed E-state index contributed by atoms with van der Waals surface area (Å²) in [6.45, 7) is 2.54. The first-order valence-electron chi connectivity index (χ1n) is 11.4. The van der Waals surface area contributed by atoms with E-state index in [1.54, 1.807) is 18.1 Å². The number of carbonyl (C=O) groups is 2. The zero-order chi connectivity index (χ0) is 22.5. The molecule has 0 spiro atoms. The van der Waals surface area contributed by atoms with E-state index in [1.807, 2.05) is 37.3 Å². The van der Waals surface area contributed by atoms with Crippen molar-refractivity contribution in [2.75, 3.05) is 25.5 Å². The zero-order valence-electron chi connectivity index (χ0n) is 18.8. The summed E-state index contributed by atoms with van der Waals surface area (Å²) in [6, 6.07) is 11.4. The lowest BCUT2D eigenvalue weighted by Gasteiger charge is -2.19. The van der Waals surface area contributed by atoms with Crippen LogP contribution >= 0.6 is 0 Å². The average Bonchev–Trinajstić information content (AvgIpc) is 3.43. The van der Waals surface area contributed by atoms with Crippen LogP contribution in [0.3, 0.4) is 0 Å². The van der Waals surface area contributed by atoms with Gasteiger partial charge in [0.1, 0.15) is 5.82 Å². The van der Waals surface area contributed by atoms with Gasteiger partial charge in [-0.3, -0.25) is 9.59 Å². The third-order valence-corrected chi connectivity index (χ3v) is 6.24. The predicted molar refractivity (Wildman–Crippen MR) is 122 cm³/mol. The first kappa shape index (κ1) is 22.1. The highest BCUT2D eigenvalue weighted by Gasteiger charge is 2.32. The Morgan fingerprint density at radius 1 is 1.19 bits per heavy atom. The first-order chi connectivity index (χ1) is 15.6. The van der Waals surface area contributed by atoms with Crippen LogP contribution in [-0.2, 0) is 16.0 Å². The molecule has 7 nitrogen and oxygen atoms in total. The molecule has 2 aromatic rings. The van der Waals surface area contributed by atoms with Crippen LogP contribution in [0.5, 0.6) is 11.5 Å². The maximum absolute atomic E-state index is 12.6. The van der Waals surface area contributed by atoms with Gasteiger partial charge >= 0.3 is 0 Å². The van der Waals surface area contributed by atoms with Gasteiger partial charge in [-0.25, -0.2) is 4.98 Å². The molecule has 0 unspecified atom stereocenters. The maximum Gasteiger partial charge on any atom is 0.245 e. The number of methoxy groups -OCH3 is 1. The van der Waals surface area contributed by atoms with E-state index in [1.165, 1.54) is 12.8 Å². The van der Waals surface area contributed by atoms with Crippen molar-refractivity contribution in [1.82, 2.24) is 9.88 Å². The summed E-state index contributed by atoms with van der Waals surface area (Å²) < 4.78 is 11.7. The Morgan fingerprint density at radius 3 is 2.75 bits per heavy atom. The lowest BCUT2D eigenvalue weighted by molar-refractivity contribution is -0.131. The van der Waals surface area contributed by atoms with Crippen molar-refractivity contribution in [1.29, 1.82) is 0 Å². The average molecular weight is 438 g/mol. The third kappa shape index (κ3) is 5.21. The number of nitrogens with one attached hydrogen (secondary N) is 1. The van der Waals surface area contributed by atoms with Crippen molar-refractivity contribution in [2.45, 2.75) is 57.5 Å². The third-order valence-electron chi connectivity index (χ3n) is 6.24. The first-order valence-corrected chi connectivity index (χ1v) is 11.4. The number of aryl methyl sites for hydroxylation is 1. The molecule has 1 saturated heterocycles. The molecule has 1 saturated carbocycles. The van der Waals surface area contributed by atoms with Gasteiger partial charge < -0.3 is 19.7 Å². The zero-order valence-corrected chi connectivity index (χ0v) is 18.8. The van der Waals surface area contributed by atoms with E-state index in [2.05, 4.69) is 10.3 Å². The molecule has 0 radical (unpaired) electrons. The molecule has 2 amide bonds. The van der Waals surface area contributed by atoms with Crippen molar-refractivity contribution in [3.8, 4) is 11.5 Å². The highest BCUT2D eigenvalue weighted by Crippen LogP contribution is 2.37. The second-order valence-electron chi connectivity index (χ2n) is 8.53. The number of ether oxygens (including phenoxy) is 2. The van der Waals surface area contributed by atoms with Crippen molar-refractivity contribution in [3.05, 3.63) is 47.7 Å². The standard InChI is InChI=1S/C25H31N3O4/c1-3-19-7-6-10-23(26-19)27-24(29)16-28-15-18(14-25(28)30)17-11-12-21(31-2)22(13-17)32-20-8-4-5-9-20/h6-7,10-13,18,20H,3-5,8-9,14-16H2,1-2H3,(H,26,27,29)/t18-/m1/s1. The molecule has 0 bridgehead atoms. The monoisotopic (exact) mass is 437 g/mol. The van der Waals surface area contributed by atoms with Crippen molar-refractivity contribution >= 4 is 17.6 Å². The second kappa shape index (κ2) is 10.0. The molecular formula is C25H31N3O4. The number of pyridine rings is 1. The van der Waals surface area contributed by atoms with Gasteiger partial charge in [-0.15, -0.1) is 0 Å². The van der Waals surface area contributed by atoms with Crippen LogP contribution in [-0.4, -0.2) is 48.0 Å². The Morgan fingerprint density at radius 2 is 2.00 bits per heavy atom. The van der Waals surface area contributed by atoms with Gasteiger partial charge in [0, 0.05) is 24.6 Å². The van der Waals surface area contributed by atoms with Crippen LogP contribution in [0, 0.1) is 0 Å². The second-order valence-corrected chi connectivity index (χ2v) is 8.53. The van der Waals surface area contributed by atoms with Gasteiger partial charge in [-0.2, -0.15) is 0 Å². The van der Waals surface area contributed by atoms with Gasteiger partial charge in [-0.05, 0) is 61.9 Å². The van der Waals surface area contributed by atoms with E-state index in [4.69, 9.17) is 9.47 Å². The van der Waals surface area contributed by atoms with E-state index in [-0.39, 0.29) is 30.4 Å². The molecule has 4 rings (SSSR count). The fourth-order valence-electron chi connectivity index (χ4n) is 4.48. The topological polar surface area (TPSA) is 80.8 Å². The summed E-state index contributed by atoms with van der Waals surface area (Å²) in [4.78, 5) is 31.1. The molecule has 1 aromatic carbocycles. The summed E-state index contributed by atoms with van der Waals surface area (Å²) in [6.07, 6.45) is 5.92. The van der Waals surface area contributed by atoms with Crippen LogP contribution in [0.2, 0.25) is 0 Å². The molecule has 1 N–H and O–H groups in total. The largest absolute Gasteiger partial charge is 0.493 e. The van der Waals surface area contributed by atoms with Crippen LogP contribution in [0.25, 0.3) is 0 Å². The van der Waals surface area contributed by atoms with Gasteiger partial charge in [0.05, 0.1) is 19.8 Å². The maximum atomic E-state index is 12.6. The molecule has 7 heteroatoms. The minimum Gasteiger partial charge on any atom is -0.493 e. The van der Waals surface area contributed by atoms with E-state index in [0.717, 1.165) is 36.3 Å². The Balaban J connectivity index is 1.39. The van der Waals surface area contributed by atoms with Crippen LogP contribution < -0.4 is 14.8 Å². The highest BCUT2D eigenvalue weighted by atomic mass is 16.5. The van der Waals surface area contributed by atoms with Gasteiger partial charge in [0.2, 0.25) is 11.8 Å². The van der Waals surface area contributed by atoms with E-state index >= 15 is 0 Å². The molecule has 1 aliphatic heterocycles. The minimum absolute atomic E-state index is 0.0190. The van der Waals surface area contributed by atoms with Crippen molar-refractivity contribution in [3.63, 3.8) is 0 Å². The van der Waals surface area contributed by atoms with Crippen molar-refractivity contribution in [2.24, 2.45) is 0 Å². The SMILES string of the molecule is CCc1cccc(NC(=O)CN2C[C@H](c3ccc(OC)c(OC4CCCC4)c3)CC2=O)n1. The predicted octanol–water partition coefficient (Wildman–Crippen LogP) is 3.93. The normalized spacial score (nSPS) is 18.8. The molecule has 32 heavy (non-hydrogen) atoms. The lowest BCUT2D eigenvalue weighted by Crippen LogP contribution is -2.34. The number of amides is 2. The molecule has 2 aliphatic rings. The summed E-state index contributed by atoms with van der Waals surface area (Å²) in [7, 11) is 1.64. The van der Waals surface area contributed by atoms with Gasteiger partial charge in [0.15, 0.2) is 11.5 Å². The number of hydrogen-bond donors (Lipinski definition) is 1. The molecule has 1 aromatic heterocycles. The van der Waals surface area contributed by atoms with Gasteiger partial charge in [-0.1, -0.05) is 19.1 Å². The molecule has 1 atom stereocenters. The summed E-state index contributed by atoms with van der Waals surface area (Å²) in [5.41, 5.74) is 1.95. The van der Waals surface area contributed by atoms with E-state index in [0.29, 0.717) is 24.5 Å². The summed E-state index contributed by atoms with van der Waals surface area (Å²) >= 11 is 0. The Labute approximate surface area is 189 Å². The minimum atomic E-state index is -0.236. The fourth-order valence-corrected chi connectivity index (χ4v) is 4.48. The number of nitrogens with zero attached hydrogens (tertiary/aromatic N) is 2. The highest BCUT2D eigenvalue weighted by molar-refractivity contribution is 5.94. The quantitative estimate of drug-likeness (QED) is 0.677. The number of benzene rings is 1. The number of carbonyl (C=O) groups excluding carboxylic acids is 2. The number of anilines is 1. The Bertz CT molecular complexity index is 971. The van der Waals surface area contributed by atoms with Crippen LogP contribution in [0.15, 0.2) is 36.4 Å². The molecule has 2 fully saturated rings. The van der Waals surface area contributed by atoms with Crippen molar-refractivity contribution < 1.29 is 19.1 Å². The molecule has 2 heterocycles. The Hall–Kier alpha value is -3.09. The van der Waals surface area contributed by atoms with E-state index < -0.39 is 0 Å². The Kier molecular flexibility index (Phi) is 6.93. The van der Waals surface area contributed by atoms with E-state index in [9.17, 15) is 9.59 Å². The van der Waals surface area contributed by atoms with Crippen LogP contribution in [0.1, 0.15) is 56.2 Å². The van der Waals surface area contributed by atoms with Crippen LogP contribution in [0.4, 0.5) is 5.82 Å². The number of rotatable bonds is 8. The molecular weight excluding hydrogens is 406 g/mol. The number of likely N-dealkylation sites (tertiary alicyclic amines) is 1. The number of hydrogen-bond acceptors (Lipinski definition) is 5. The summed E-state index contributed by atoms with van der Waals surface area (Å²) in [5.74, 6) is 1.73.